The molecule has 6 nitrogen and oxygen atoms in total. The summed E-state index contributed by atoms with van der Waals surface area (Å²) in [4.78, 5) is 22.4. The molecule has 1 aromatic heterocycles. The maximum absolute atomic E-state index is 12.2. The first-order chi connectivity index (χ1) is 11.0. The normalized spacial score (nSPS) is 10.7. The molecule has 7 heteroatoms. The smallest absolute Gasteiger partial charge is 0.270 e. The molecule has 0 aliphatic carbocycles. The number of non-ortho nitro benzene ring substituents is 1. The summed E-state index contributed by atoms with van der Waals surface area (Å²) in [5.74, 6) is 0.0724. The summed E-state index contributed by atoms with van der Waals surface area (Å²) in [5, 5.41) is 14.5. The molecule has 0 saturated carbocycles. The number of ketones is 1. The highest BCUT2D eigenvalue weighted by atomic mass is 79.9. The SMILES string of the molecule is O=C(CNc1ccc([N+](=O)[O-])cc1Br)c1cc2ccccc2o1. The first-order valence-electron chi connectivity index (χ1n) is 6.74. The molecule has 0 bridgehead atoms. The molecule has 0 spiro atoms. The van der Waals surface area contributed by atoms with Gasteiger partial charge in [-0.3, -0.25) is 14.9 Å². The number of carbonyl (C=O) groups excluding carboxylic acids is 1. The summed E-state index contributed by atoms with van der Waals surface area (Å²) < 4.78 is 6.03. The van der Waals surface area contributed by atoms with Crippen molar-refractivity contribution in [3.63, 3.8) is 0 Å². The van der Waals surface area contributed by atoms with E-state index in [2.05, 4.69) is 21.2 Å². The summed E-state index contributed by atoms with van der Waals surface area (Å²) in [5.41, 5.74) is 1.23. The molecule has 0 fully saturated rings. The van der Waals surface area contributed by atoms with Crippen LogP contribution in [0.15, 0.2) is 57.4 Å². The Bertz CT molecular complexity index is 871. The van der Waals surface area contributed by atoms with Crippen molar-refractivity contribution in [1.82, 2.24) is 0 Å². The number of halogens is 1. The number of rotatable bonds is 5. The van der Waals surface area contributed by atoms with Gasteiger partial charge < -0.3 is 9.73 Å². The maximum atomic E-state index is 12.2. The zero-order chi connectivity index (χ0) is 16.4. The van der Waals surface area contributed by atoms with Gasteiger partial charge in [-0.1, -0.05) is 18.2 Å². The average molecular weight is 375 g/mol. The van der Waals surface area contributed by atoms with Gasteiger partial charge in [0.1, 0.15) is 5.58 Å². The van der Waals surface area contributed by atoms with Crippen LogP contribution < -0.4 is 5.32 Å². The third-order valence-electron chi connectivity index (χ3n) is 3.30. The summed E-state index contributed by atoms with van der Waals surface area (Å²) >= 11 is 3.25. The number of anilines is 1. The van der Waals surface area contributed by atoms with Crippen LogP contribution in [0.3, 0.4) is 0 Å². The third kappa shape index (κ3) is 3.24. The van der Waals surface area contributed by atoms with Gasteiger partial charge in [0.05, 0.1) is 11.5 Å². The van der Waals surface area contributed by atoms with Gasteiger partial charge in [0, 0.05) is 27.7 Å². The van der Waals surface area contributed by atoms with Gasteiger partial charge in [0.15, 0.2) is 5.76 Å². The Morgan fingerprint density at radius 1 is 1.22 bits per heavy atom. The molecular formula is C16H11BrN2O4. The van der Waals surface area contributed by atoms with Crippen LogP contribution in [-0.4, -0.2) is 17.3 Å². The Hall–Kier alpha value is -2.67. The molecule has 0 aliphatic heterocycles. The van der Waals surface area contributed by atoms with E-state index in [-0.39, 0.29) is 23.8 Å². The van der Waals surface area contributed by atoms with Crippen LogP contribution in [0.1, 0.15) is 10.6 Å². The van der Waals surface area contributed by atoms with Crippen molar-refractivity contribution in [1.29, 1.82) is 0 Å². The molecule has 116 valence electrons. The van der Waals surface area contributed by atoms with Crippen LogP contribution >= 0.6 is 15.9 Å². The number of furan rings is 1. The van der Waals surface area contributed by atoms with E-state index in [1.165, 1.54) is 12.1 Å². The zero-order valence-corrected chi connectivity index (χ0v) is 13.4. The highest BCUT2D eigenvalue weighted by molar-refractivity contribution is 9.10. The number of carbonyl (C=O) groups is 1. The highest BCUT2D eigenvalue weighted by Crippen LogP contribution is 2.27. The molecule has 0 saturated heterocycles. The molecule has 3 rings (SSSR count). The van der Waals surface area contributed by atoms with Gasteiger partial charge in [-0.15, -0.1) is 0 Å². The van der Waals surface area contributed by atoms with E-state index in [1.807, 2.05) is 18.2 Å². The standard InChI is InChI=1S/C16H11BrN2O4/c17-12-8-11(19(21)22)5-6-13(12)18-9-14(20)16-7-10-3-1-2-4-15(10)23-16/h1-8,18H,9H2. The molecule has 0 unspecified atom stereocenters. The minimum absolute atomic E-state index is 0.0222. The molecule has 0 atom stereocenters. The minimum atomic E-state index is -0.478. The number of nitrogens with one attached hydrogen (secondary N) is 1. The van der Waals surface area contributed by atoms with E-state index >= 15 is 0 Å². The van der Waals surface area contributed by atoms with E-state index < -0.39 is 4.92 Å². The van der Waals surface area contributed by atoms with E-state index in [4.69, 9.17) is 4.42 Å². The van der Waals surface area contributed by atoms with Crippen molar-refractivity contribution in [2.24, 2.45) is 0 Å². The van der Waals surface area contributed by atoms with Crippen molar-refractivity contribution in [2.45, 2.75) is 0 Å². The van der Waals surface area contributed by atoms with Gasteiger partial charge in [0.2, 0.25) is 5.78 Å². The molecule has 0 radical (unpaired) electrons. The van der Waals surface area contributed by atoms with E-state index in [0.717, 1.165) is 5.39 Å². The van der Waals surface area contributed by atoms with Crippen LogP contribution in [0.2, 0.25) is 0 Å². The second-order valence-corrected chi connectivity index (χ2v) is 5.70. The molecule has 1 N–H and O–H groups in total. The topological polar surface area (TPSA) is 85.4 Å². The number of fused-ring (bicyclic) bond motifs is 1. The first kappa shape index (κ1) is 15.2. The van der Waals surface area contributed by atoms with Gasteiger partial charge in [0.25, 0.3) is 5.69 Å². The number of benzene rings is 2. The molecule has 0 aliphatic rings. The summed E-state index contributed by atoms with van der Waals surface area (Å²) in [6, 6.07) is 13.4. The predicted molar refractivity (Wildman–Crippen MR) is 89.8 cm³/mol. The monoisotopic (exact) mass is 374 g/mol. The molecular weight excluding hydrogens is 364 g/mol. The van der Waals surface area contributed by atoms with Crippen LogP contribution in [0, 0.1) is 10.1 Å². The minimum Gasteiger partial charge on any atom is -0.453 e. The number of nitrogens with zero attached hydrogens (tertiary/aromatic N) is 1. The van der Waals surface area contributed by atoms with Crippen molar-refractivity contribution < 1.29 is 14.1 Å². The fourth-order valence-corrected chi connectivity index (χ4v) is 2.65. The Balaban J connectivity index is 1.72. The zero-order valence-electron chi connectivity index (χ0n) is 11.8. The van der Waals surface area contributed by atoms with Gasteiger partial charge in [-0.25, -0.2) is 0 Å². The largest absolute Gasteiger partial charge is 0.453 e. The predicted octanol–water partition coefficient (Wildman–Crippen LogP) is 4.40. The van der Waals surface area contributed by atoms with Crippen molar-refractivity contribution in [3.05, 3.63) is 68.9 Å². The summed E-state index contributed by atoms with van der Waals surface area (Å²) in [6.45, 7) is 0.0240. The maximum Gasteiger partial charge on any atom is 0.270 e. The quantitative estimate of drug-likeness (QED) is 0.406. The van der Waals surface area contributed by atoms with Crippen molar-refractivity contribution >= 4 is 44.1 Å². The average Bonchev–Trinajstić information content (AvgIpc) is 2.97. The van der Waals surface area contributed by atoms with E-state index in [9.17, 15) is 14.9 Å². The lowest BCUT2D eigenvalue weighted by atomic mass is 10.2. The van der Waals surface area contributed by atoms with Gasteiger partial charge >= 0.3 is 0 Å². The lowest BCUT2D eigenvalue weighted by Crippen LogP contribution is -2.13. The molecule has 0 amide bonds. The second-order valence-electron chi connectivity index (χ2n) is 4.85. The second kappa shape index (κ2) is 6.21. The first-order valence-corrected chi connectivity index (χ1v) is 7.53. The number of hydrogen-bond acceptors (Lipinski definition) is 5. The summed E-state index contributed by atoms with van der Waals surface area (Å²) in [6.07, 6.45) is 0. The highest BCUT2D eigenvalue weighted by Gasteiger charge is 2.14. The van der Waals surface area contributed by atoms with Gasteiger partial charge in [-0.05, 0) is 34.1 Å². The van der Waals surface area contributed by atoms with E-state index in [1.54, 1.807) is 18.2 Å². The van der Waals surface area contributed by atoms with Crippen molar-refractivity contribution in [3.8, 4) is 0 Å². The third-order valence-corrected chi connectivity index (χ3v) is 3.96. The number of hydrogen-bond donors (Lipinski definition) is 1. The Morgan fingerprint density at radius 3 is 2.70 bits per heavy atom. The Morgan fingerprint density at radius 2 is 2.00 bits per heavy atom. The van der Waals surface area contributed by atoms with Gasteiger partial charge in [-0.2, -0.15) is 0 Å². The fourth-order valence-electron chi connectivity index (χ4n) is 2.14. The van der Waals surface area contributed by atoms with Crippen molar-refractivity contribution in [2.75, 3.05) is 11.9 Å². The molecule has 3 aromatic rings. The number of nitro groups is 1. The lowest BCUT2D eigenvalue weighted by Gasteiger charge is -2.06. The van der Waals surface area contributed by atoms with Crippen LogP contribution in [0.25, 0.3) is 11.0 Å². The molecule has 2 aromatic carbocycles. The Labute approximate surface area is 139 Å². The fraction of sp³-hybridized carbons (Fsp3) is 0.0625. The van der Waals surface area contributed by atoms with Crippen LogP contribution in [-0.2, 0) is 0 Å². The molecule has 23 heavy (non-hydrogen) atoms. The summed E-state index contributed by atoms with van der Waals surface area (Å²) in [7, 11) is 0. The molecule has 1 heterocycles. The number of nitro benzene ring substituents is 1. The lowest BCUT2D eigenvalue weighted by molar-refractivity contribution is -0.384. The van der Waals surface area contributed by atoms with E-state index in [0.29, 0.717) is 15.7 Å². The number of para-hydroxylation sites is 1. The van der Waals surface area contributed by atoms with Crippen LogP contribution in [0.5, 0.6) is 0 Å². The number of Topliss-reactive ketones (excluding diaryl/α,β-unsaturated/α-hetero) is 1. The van der Waals surface area contributed by atoms with Crippen LogP contribution in [0.4, 0.5) is 11.4 Å². The Kier molecular flexibility index (Phi) is 4.12.